The largest absolute Gasteiger partial charge is 0.327 e. The maximum Gasteiger partial charge on any atom is 0.0221 e. The molecule has 1 aliphatic rings. The first-order chi connectivity index (χ1) is 6.63. The second kappa shape index (κ2) is 5.69. The Kier molecular flexibility index (Phi) is 4.85. The van der Waals surface area contributed by atoms with Crippen molar-refractivity contribution in [3.63, 3.8) is 0 Å². The van der Waals surface area contributed by atoms with Gasteiger partial charge in [-0.2, -0.15) is 0 Å². The van der Waals surface area contributed by atoms with E-state index in [-0.39, 0.29) is 0 Å². The van der Waals surface area contributed by atoms with Crippen LogP contribution in [0.5, 0.6) is 0 Å². The molecule has 0 amide bonds. The van der Waals surface area contributed by atoms with E-state index in [4.69, 9.17) is 5.73 Å². The molecule has 3 nitrogen and oxygen atoms in total. The fourth-order valence-corrected chi connectivity index (χ4v) is 2.29. The summed E-state index contributed by atoms with van der Waals surface area (Å²) in [5.41, 5.74) is 5.87. The number of likely N-dealkylation sites (N-methyl/N-ethyl adjacent to an activating group) is 1. The van der Waals surface area contributed by atoms with Gasteiger partial charge in [0.25, 0.3) is 0 Å². The molecule has 2 atom stereocenters. The van der Waals surface area contributed by atoms with E-state index in [1.165, 1.54) is 32.5 Å². The summed E-state index contributed by atoms with van der Waals surface area (Å²) in [7, 11) is 2.22. The van der Waals surface area contributed by atoms with E-state index in [0.717, 1.165) is 6.54 Å². The lowest BCUT2D eigenvalue weighted by Crippen LogP contribution is -2.44. The molecule has 1 heterocycles. The van der Waals surface area contributed by atoms with Gasteiger partial charge >= 0.3 is 0 Å². The van der Waals surface area contributed by atoms with Crippen molar-refractivity contribution in [2.24, 2.45) is 5.73 Å². The number of nitrogens with two attached hydrogens (primary N) is 1. The van der Waals surface area contributed by atoms with Gasteiger partial charge in [-0.05, 0) is 39.9 Å². The Hall–Kier alpha value is -0.120. The molecule has 14 heavy (non-hydrogen) atoms. The second-order valence-corrected chi connectivity index (χ2v) is 4.65. The Morgan fingerprint density at radius 3 is 2.71 bits per heavy atom. The number of nitrogens with zero attached hydrogens (tertiary/aromatic N) is 2. The van der Waals surface area contributed by atoms with Gasteiger partial charge in [0.1, 0.15) is 0 Å². The van der Waals surface area contributed by atoms with Crippen molar-refractivity contribution in [1.29, 1.82) is 0 Å². The highest BCUT2D eigenvalue weighted by atomic mass is 15.2. The van der Waals surface area contributed by atoms with Gasteiger partial charge in [0.2, 0.25) is 0 Å². The topological polar surface area (TPSA) is 32.5 Å². The molecule has 1 saturated heterocycles. The molecule has 0 radical (unpaired) electrons. The van der Waals surface area contributed by atoms with E-state index in [1.54, 1.807) is 0 Å². The Balaban J connectivity index is 2.51. The van der Waals surface area contributed by atoms with Crippen molar-refractivity contribution in [2.75, 3.05) is 33.2 Å². The van der Waals surface area contributed by atoms with Gasteiger partial charge < -0.3 is 10.6 Å². The van der Waals surface area contributed by atoms with E-state index in [1.807, 2.05) is 0 Å². The summed E-state index contributed by atoms with van der Waals surface area (Å²) < 4.78 is 0. The van der Waals surface area contributed by atoms with Crippen LogP contribution in [-0.2, 0) is 0 Å². The van der Waals surface area contributed by atoms with Gasteiger partial charge in [0.15, 0.2) is 0 Å². The molecule has 84 valence electrons. The van der Waals surface area contributed by atoms with Gasteiger partial charge in [-0.3, -0.25) is 4.90 Å². The van der Waals surface area contributed by atoms with Crippen LogP contribution in [0.3, 0.4) is 0 Å². The Morgan fingerprint density at radius 1 is 1.43 bits per heavy atom. The number of rotatable bonds is 3. The lowest BCUT2D eigenvalue weighted by molar-refractivity contribution is 0.176. The highest BCUT2D eigenvalue weighted by Crippen LogP contribution is 2.11. The van der Waals surface area contributed by atoms with Crippen LogP contribution in [0.2, 0.25) is 0 Å². The van der Waals surface area contributed by atoms with Crippen LogP contribution in [0.4, 0.5) is 0 Å². The number of hydrogen-bond donors (Lipinski definition) is 1. The van der Waals surface area contributed by atoms with Crippen LogP contribution >= 0.6 is 0 Å². The van der Waals surface area contributed by atoms with E-state index < -0.39 is 0 Å². The van der Waals surface area contributed by atoms with E-state index >= 15 is 0 Å². The lowest BCUT2D eigenvalue weighted by Gasteiger charge is -2.31. The Morgan fingerprint density at radius 2 is 2.14 bits per heavy atom. The molecule has 2 unspecified atom stereocenters. The minimum absolute atomic E-state index is 0.299. The zero-order valence-corrected chi connectivity index (χ0v) is 9.87. The van der Waals surface area contributed by atoms with Crippen molar-refractivity contribution in [3.05, 3.63) is 0 Å². The normalized spacial score (nSPS) is 28.7. The molecule has 2 N–H and O–H groups in total. The minimum atomic E-state index is 0.299. The Labute approximate surface area is 88.2 Å². The third kappa shape index (κ3) is 3.56. The molecule has 1 rings (SSSR count). The third-order valence-electron chi connectivity index (χ3n) is 3.02. The molecule has 0 aromatic rings. The Bertz CT molecular complexity index is 159. The number of hydrogen-bond acceptors (Lipinski definition) is 3. The summed E-state index contributed by atoms with van der Waals surface area (Å²) in [6.45, 7) is 9.06. The molecule has 0 spiro atoms. The molecule has 1 aliphatic heterocycles. The molecule has 3 heteroatoms. The minimum Gasteiger partial charge on any atom is -0.327 e. The van der Waals surface area contributed by atoms with Crippen LogP contribution < -0.4 is 5.73 Å². The van der Waals surface area contributed by atoms with Crippen LogP contribution in [0.15, 0.2) is 0 Å². The highest BCUT2D eigenvalue weighted by molar-refractivity contribution is 4.79. The summed E-state index contributed by atoms with van der Waals surface area (Å²) in [6.07, 6.45) is 2.51. The van der Waals surface area contributed by atoms with Crippen molar-refractivity contribution in [3.8, 4) is 0 Å². The van der Waals surface area contributed by atoms with E-state index in [9.17, 15) is 0 Å². The van der Waals surface area contributed by atoms with Crippen LogP contribution in [0.1, 0.15) is 26.7 Å². The highest BCUT2D eigenvalue weighted by Gasteiger charge is 2.22. The van der Waals surface area contributed by atoms with Gasteiger partial charge in [-0.15, -0.1) is 0 Å². The van der Waals surface area contributed by atoms with E-state index in [0.29, 0.717) is 12.1 Å². The summed E-state index contributed by atoms with van der Waals surface area (Å²) in [5, 5.41) is 0. The second-order valence-electron chi connectivity index (χ2n) is 4.65. The van der Waals surface area contributed by atoms with Crippen molar-refractivity contribution in [2.45, 2.75) is 38.8 Å². The lowest BCUT2D eigenvalue weighted by atomic mass is 10.1. The monoisotopic (exact) mass is 199 g/mol. The summed E-state index contributed by atoms with van der Waals surface area (Å²) >= 11 is 0. The molecular weight excluding hydrogens is 174 g/mol. The third-order valence-corrected chi connectivity index (χ3v) is 3.02. The predicted octanol–water partition coefficient (Wildman–Crippen LogP) is 0.750. The molecular formula is C11H25N3. The first-order valence-electron chi connectivity index (χ1n) is 5.81. The molecule has 0 aromatic heterocycles. The summed E-state index contributed by atoms with van der Waals surface area (Å²) in [6, 6.07) is 1.00. The summed E-state index contributed by atoms with van der Waals surface area (Å²) in [4.78, 5) is 5.00. The van der Waals surface area contributed by atoms with Crippen LogP contribution in [-0.4, -0.2) is 55.1 Å². The molecule has 0 bridgehead atoms. The maximum absolute atomic E-state index is 5.87. The first-order valence-corrected chi connectivity index (χ1v) is 5.81. The maximum atomic E-state index is 5.87. The molecule has 0 aliphatic carbocycles. The molecule has 0 saturated carbocycles. The quantitative estimate of drug-likeness (QED) is 0.728. The average molecular weight is 199 g/mol. The fourth-order valence-electron chi connectivity index (χ4n) is 2.29. The fraction of sp³-hybridized carbons (Fsp3) is 1.00. The van der Waals surface area contributed by atoms with E-state index in [2.05, 4.69) is 30.7 Å². The van der Waals surface area contributed by atoms with Gasteiger partial charge in [0, 0.05) is 25.2 Å². The smallest absolute Gasteiger partial charge is 0.0221 e. The zero-order valence-electron chi connectivity index (χ0n) is 9.87. The van der Waals surface area contributed by atoms with Gasteiger partial charge in [-0.25, -0.2) is 0 Å². The van der Waals surface area contributed by atoms with Crippen LogP contribution in [0.25, 0.3) is 0 Å². The molecule has 0 aromatic carbocycles. The summed E-state index contributed by atoms with van der Waals surface area (Å²) in [5.74, 6) is 0. The van der Waals surface area contributed by atoms with Crippen LogP contribution in [0, 0.1) is 0 Å². The van der Waals surface area contributed by atoms with Gasteiger partial charge in [-0.1, -0.05) is 6.92 Å². The predicted molar refractivity (Wildman–Crippen MR) is 61.4 cm³/mol. The van der Waals surface area contributed by atoms with Gasteiger partial charge in [0.05, 0.1) is 0 Å². The molecule has 1 fully saturated rings. The first kappa shape index (κ1) is 12.0. The zero-order chi connectivity index (χ0) is 10.6. The van der Waals surface area contributed by atoms with Crippen molar-refractivity contribution >= 4 is 0 Å². The van der Waals surface area contributed by atoms with Crippen molar-refractivity contribution < 1.29 is 0 Å². The standard InChI is InChI=1S/C11H25N3/c1-4-11-9-13(3)6-5-7-14(11)8-10(2)12/h10-11H,4-9,12H2,1-3H3. The average Bonchev–Trinajstić information content (AvgIpc) is 2.27. The SMILES string of the molecule is CCC1CN(C)CCCN1CC(C)N. The van der Waals surface area contributed by atoms with Crippen molar-refractivity contribution in [1.82, 2.24) is 9.80 Å².